The minimum Gasteiger partial charge on any atom is -0.489 e. The Morgan fingerprint density at radius 1 is 0.750 bits per heavy atom. The van der Waals surface area contributed by atoms with Crippen LogP contribution >= 0.6 is 0 Å². The molecule has 168 valence electrons. The number of ether oxygens (including phenoxy) is 1. The summed E-state index contributed by atoms with van der Waals surface area (Å²) in [5.41, 5.74) is 4.14. The quantitative estimate of drug-likeness (QED) is 0.338. The fourth-order valence-corrected chi connectivity index (χ4v) is 5.08. The van der Waals surface area contributed by atoms with Crippen LogP contribution in [0.5, 0.6) is 5.75 Å². The van der Waals surface area contributed by atoms with Gasteiger partial charge < -0.3 is 9.64 Å². The molecule has 0 spiro atoms. The van der Waals surface area contributed by atoms with E-state index in [4.69, 9.17) is 4.74 Å². The zero-order valence-electron chi connectivity index (χ0n) is 19.5. The normalized spacial score (nSPS) is 18.6. The average Bonchev–Trinajstić information content (AvgIpc) is 2.87. The maximum Gasteiger partial charge on any atom is 0.119 e. The Kier molecular flexibility index (Phi) is 8.39. The molecule has 0 radical (unpaired) electrons. The molecule has 0 bridgehead atoms. The van der Waals surface area contributed by atoms with E-state index in [1.165, 1.54) is 61.8 Å². The summed E-state index contributed by atoms with van der Waals surface area (Å²) in [6, 6.07) is 30.9. The van der Waals surface area contributed by atoms with Gasteiger partial charge in [-0.2, -0.15) is 0 Å². The predicted octanol–water partition coefficient (Wildman–Crippen LogP) is 7.25. The highest BCUT2D eigenvalue weighted by Gasteiger charge is 2.25. The molecule has 2 nitrogen and oxygen atoms in total. The molecule has 0 atom stereocenters. The van der Waals surface area contributed by atoms with E-state index in [2.05, 4.69) is 90.7 Å². The third kappa shape index (κ3) is 6.46. The molecule has 0 saturated heterocycles. The van der Waals surface area contributed by atoms with Gasteiger partial charge in [0.1, 0.15) is 12.4 Å². The summed E-state index contributed by atoms with van der Waals surface area (Å²) in [6.07, 6.45) is 7.66. The van der Waals surface area contributed by atoms with Gasteiger partial charge >= 0.3 is 0 Å². The molecule has 1 aliphatic rings. The molecular formula is C30H37NO. The lowest BCUT2D eigenvalue weighted by Crippen LogP contribution is -2.38. The smallest absolute Gasteiger partial charge is 0.119 e. The Bertz CT molecular complexity index is 899. The lowest BCUT2D eigenvalue weighted by molar-refractivity contribution is 0.154. The number of aryl methyl sites for hydroxylation is 1. The predicted molar refractivity (Wildman–Crippen MR) is 134 cm³/mol. The van der Waals surface area contributed by atoms with Gasteiger partial charge in [-0.05, 0) is 86.4 Å². The van der Waals surface area contributed by atoms with Crippen molar-refractivity contribution in [3.63, 3.8) is 0 Å². The number of rotatable bonds is 10. The SMILES string of the molecule is CCN(CCCc1ccccc1)[C@H]1CC[C@H](c2ccc(OCc3ccccc3)cc2)CC1. The van der Waals surface area contributed by atoms with Crippen molar-refractivity contribution in [3.05, 3.63) is 102 Å². The highest BCUT2D eigenvalue weighted by molar-refractivity contribution is 5.30. The van der Waals surface area contributed by atoms with Gasteiger partial charge in [0, 0.05) is 6.04 Å². The molecule has 4 rings (SSSR count). The number of nitrogens with zero attached hydrogens (tertiary/aromatic N) is 1. The second-order valence-electron chi connectivity index (χ2n) is 9.07. The molecule has 3 aromatic carbocycles. The van der Waals surface area contributed by atoms with E-state index in [1.807, 2.05) is 6.07 Å². The number of hydrogen-bond donors (Lipinski definition) is 0. The van der Waals surface area contributed by atoms with Crippen LogP contribution in [0.3, 0.4) is 0 Å². The minimum atomic E-state index is 0.627. The Labute approximate surface area is 194 Å². The van der Waals surface area contributed by atoms with Crippen LogP contribution in [-0.4, -0.2) is 24.0 Å². The van der Waals surface area contributed by atoms with Crippen molar-refractivity contribution in [1.82, 2.24) is 4.90 Å². The highest BCUT2D eigenvalue weighted by atomic mass is 16.5. The molecule has 0 amide bonds. The lowest BCUT2D eigenvalue weighted by Gasteiger charge is -2.36. The summed E-state index contributed by atoms with van der Waals surface area (Å²) < 4.78 is 5.96. The second-order valence-corrected chi connectivity index (χ2v) is 9.07. The number of hydrogen-bond acceptors (Lipinski definition) is 2. The largest absolute Gasteiger partial charge is 0.489 e. The Morgan fingerprint density at radius 2 is 1.38 bits per heavy atom. The molecule has 2 heteroatoms. The van der Waals surface area contributed by atoms with E-state index in [0.717, 1.165) is 18.3 Å². The van der Waals surface area contributed by atoms with Crippen molar-refractivity contribution in [3.8, 4) is 5.75 Å². The molecule has 32 heavy (non-hydrogen) atoms. The van der Waals surface area contributed by atoms with Gasteiger partial charge in [0.15, 0.2) is 0 Å². The van der Waals surface area contributed by atoms with E-state index in [1.54, 1.807) is 0 Å². The van der Waals surface area contributed by atoms with Gasteiger partial charge in [-0.15, -0.1) is 0 Å². The van der Waals surface area contributed by atoms with Crippen LogP contribution < -0.4 is 4.74 Å². The van der Waals surface area contributed by atoms with Gasteiger partial charge in [0.05, 0.1) is 0 Å². The van der Waals surface area contributed by atoms with Crippen LogP contribution in [0, 0.1) is 0 Å². The zero-order chi connectivity index (χ0) is 22.0. The van der Waals surface area contributed by atoms with E-state index >= 15 is 0 Å². The van der Waals surface area contributed by atoms with Crippen molar-refractivity contribution in [2.75, 3.05) is 13.1 Å². The zero-order valence-corrected chi connectivity index (χ0v) is 19.5. The van der Waals surface area contributed by atoms with Crippen molar-refractivity contribution < 1.29 is 4.74 Å². The molecule has 0 aliphatic heterocycles. The first-order chi connectivity index (χ1) is 15.8. The highest BCUT2D eigenvalue weighted by Crippen LogP contribution is 2.35. The topological polar surface area (TPSA) is 12.5 Å². The van der Waals surface area contributed by atoms with Crippen LogP contribution in [0.15, 0.2) is 84.9 Å². The maximum atomic E-state index is 5.96. The third-order valence-electron chi connectivity index (χ3n) is 6.97. The van der Waals surface area contributed by atoms with Crippen LogP contribution in [0.1, 0.15) is 61.6 Å². The van der Waals surface area contributed by atoms with Gasteiger partial charge in [0.2, 0.25) is 0 Å². The van der Waals surface area contributed by atoms with Crippen molar-refractivity contribution in [2.24, 2.45) is 0 Å². The molecule has 1 saturated carbocycles. The summed E-state index contributed by atoms with van der Waals surface area (Å²) in [6.45, 7) is 5.33. The molecule has 0 unspecified atom stereocenters. The van der Waals surface area contributed by atoms with Gasteiger partial charge in [-0.25, -0.2) is 0 Å². The molecule has 1 aliphatic carbocycles. The summed E-state index contributed by atoms with van der Waals surface area (Å²) in [7, 11) is 0. The monoisotopic (exact) mass is 427 g/mol. The summed E-state index contributed by atoms with van der Waals surface area (Å²) >= 11 is 0. The molecule has 0 aromatic heterocycles. The summed E-state index contributed by atoms with van der Waals surface area (Å²) in [5, 5.41) is 0. The van der Waals surface area contributed by atoms with Crippen LogP contribution in [0.4, 0.5) is 0 Å². The van der Waals surface area contributed by atoms with Crippen LogP contribution in [-0.2, 0) is 13.0 Å². The molecule has 0 heterocycles. The first-order valence-corrected chi connectivity index (χ1v) is 12.4. The van der Waals surface area contributed by atoms with Gasteiger partial charge in [-0.3, -0.25) is 0 Å². The maximum absolute atomic E-state index is 5.96. The van der Waals surface area contributed by atoms with E-state index in [-0.39, 0.29) is 0 Å². The van der Waals surface area contributed by atoms with Crippen molar-refractivity contribution in [1.29, 1.82) is 0 Å². The fraction of sp³-hybridized carbons (Fsp3) is 0.400. The molecule has 3 aromatic rings. The second kappa shape index (κ2) is 11.9. The molecule has 0 N–H and O–H groups in total. The average molecular weight is 428 g/mol. The molecule has 1 fully saturated rings. The lowest BCUT2D eigenvalue weighted by atomic mass is 9.81. The standard InChI is InChI=1S/C30H37NO/c1-2-31(23-9-14-25-10-5-3-6-11-25)29-19-15-27(16-20-29)28-17-21-30(22-18-28)32-24-26-12-7-4-8-13-26/h3-8,10-13,17-18,21-22,27,29H,2,9,14-16,19-20,23-24H2,1H3/t27-,29-. The van der Waals surface area contributed by atoms with E-state index in [0.29, 0.717) is 12.5 Å². The number of benzene rings is 3. The minimum absolute atomic E-state index is 0.627. The Morgan fingerprint density at radius 3 is 2.00 bits per heavy atom. The van der Waals surface area contributed by atoms with Crippen LogP contribution in [0.25, 0.3) is 0 Å². The Hall–Kier alpha value is -2.58. The van der Waals surface area contributed by atoms with Crippen molar-refractivity contribution >= 4 is 0 Å². The van der Waals surface area contributed by atoms with E-state index in [9.17, 15) is 0 Å². The molecular weight excluding hydrogens is 390 g/mol. The summed E-state index contributed by atoms with van der Waals surface area (Å²) in [5.74, 6) is 1.65. The Balaban J connectivity index is 1.21. The summed E-state index contributed by atoms with van der Waals surface area (Å²) in [4.78, 5) is 2.72. The van der Waals surface area contributed by atoms with Crippen LogP contribution in [0.2, 0.25) is 0 Å². The first-order valence-electron chi connectivity index (χ1n) is 12.4. The van der Waals surface area contributed by atoms with Crippen molar-refractivity contribution in [2.45, 2.75) is 64.0 Å². The third-order valence-corrected chi connectivity index (χ3v) is 6.97. The fourth-order valence-electron chi connectivity index (χ4n) is 5.08. The van der Waals surface area contributed by atoms with Gasteiger partial charge in [0.25, 0.3) is 0 Å². The van der Waals surface area contributed by atoms with E-state index < -0.39 is 0 Å². The van der Waals surface area contributed by atoms with Gasteiger partial charge in [-0.1, -0.05) is 79.7 Å². The first kappa shape index (κ1) is 22.6.